The molecule has 354 valence electrons. The summed E-state index contributed by atoms with van der Waals surface area (Å²) >= 11 is 0. The molecule has 2 unspecified atom stereocenters. The molecular formula is C56H107NO3. The Labute approximate surface area is 376 Å². The Morgan fingerprint density at radius 1 is 0.400 bits per heavy atom. The van der Waals surface area contributed by atoms with Gasteiger partial charge in [-0.15, -0.1) is 0 Å². The summed E-state index contributed by atoms with van der Waals surface area (Å²) in [5, 5.41) is 23.2. The summed E-state index contributed by atoms with van der Waals surface area (Å²) in [4.78, 5) is 12.5. The predicted octanol–water partition coefficient (Wildman–Crippen LogP) is 17.7. The summed E-state index contributed by atoms with van der Waals surface area (Å²) in [5.41, 5.74) is 0. The van der Waals surface area contributed by atoms with Gasteiger partial charge in [0, 0.05) is 6.42 Å². The zero-order valence-corrected chi connectivity index (χ0v) is 40.7. The quantitative estimate of drug-likeness (QED) is 0.0422. The summed E-state index contributed by atoms with van der Waals surface area (Å²) in [6.07, 6.45) is 70.1. The van der Waals surface area contributed by atoms with E-state index in [9.17, 15) is 15.0 Å². The fourth-order valence-electron chi connectivity index (χ4n) is 8.45. The first kappa shape index (κ1) is 58.6. The van der Waals surface area contributed by atoms with Crippen LogP contribution in [0.4, 0.5) is 0 Å². The minimum atomic E-state index is -0.843. The van der Waals surface area contributed by atoms with E-state index in [0.29, 0.717) is 6.42 Å². The van der Waals surface area contributed by atoms with E-state index in [1.54, 1.807) is 6.08 Å². The number of carbonyl (C=O) groups is 1. The molecule has 0 spiro atoms. The Balaban J connectivity index is 3.52. The molecule has 0 aliphatic rings. The van der Waals surface area contributed by atoms with Crippen molar-refractivity contribution in [3.63, 3.8) is 0 Å². The summed E-state index contributed by atoms with van der Waals surface area (Å²) in [5.74, 6) is -0.0681. The summed E-state index contributed by atoms with van der Waals surface area (Å²) in [6, 6.07) is -0.627. The molecule has 4 heteroatoms. The summed E-state index contributed by atoms with van der Waals surface area (Å²) in [6.45, 7) is 4.33. The van der Waals surface area contributed by atoms with Crippen molar-refractivity contribution in [1.82, 2.24) is 5.32 Å². The zero-order valence-electron chi connectivity index (χ0n) is 40.7. The smallest absolute Gasteiger partial charge is 0.220 e. The van der Waals surface area contributed by atoms with Crippen LogP contribution in [-0.2, 0) is 4.79 Å². The maximum Gasteiger partial charge on any atom is 0.220 e. The highest BCUT2D eigenvalue weighted by molar-refractivity contribution is 5.76. The maximum absolute atomic E-state index is 12.5. The molecule has 4 nitrogen and oxygen atoms in total. The van der Waals surface area contributed by atoms with Crippen LogP contribution in [0.15, 0.2) is 36.5 Å². The number of nitrogens with one attached hydrogen (secondary N) is 1. The average Bonchev–Trinajstić information content (AvgIpc) is 3.25. The second-order valence-corrected chi connectivity index (χ2v) is 18.7. The molecule has 0 aliphatic carbocycles. The Bertz CT molecular complexity index is 912. The minimum Gasteiger partial charge on any atom is -0.394 e. The maximum atomic E-state index is 12.5. The van der Waals surface area contributed by atoms with E-state index >= 15 is 0 Å². The lowest BCUT2D eigenvalue weighted by Crippen LogP contribution is -2.45. The molecule has 3 N–H and O–H groups in total. The molecule has 0 rings (SSSR count). The van der Waals surface area contributed by atoms with Crippen molar-refractivity contribution in [2.75, 3.05) is 6.61 Å². The number of aliphatic hydroxyl groups excluding tert-OH is 2. The number of hydrogen-bond acceptors (Lipinski definition) is 3. The Morgan fingerprint density at radius 2 is 0.683 bits per heavy atom. The molecule has 0 saturated carbocycles. The van der Waals surface area contributed by atoms with Crippen LogP contribution in [0.25, 0.3) is 0 Å². The van der Waals surface area contributed by atoms with Gasteiger partial charge >= 0.3 is 0 Å². The van der Waals surface area contributed by atoms with Gasteiger partial charge in [0.2, 0.25) is 5.91 Å². The lowest BCUT2D eigenvalue weighted by molar-refractivity contribution is -0.123. The van der Waals surface area contributed by atoms with Gasteiger partial charge < -0.3 is 15.5 Å². The first-order valence-corrected chi connectivity index (χ1v) is 27.2. The topological polar surface area (TPSA) is 69.6 Å². The fraction of sp³-hybridized carbons (Fsp3) is 0.875. The second-order valence-electron chi connectivity index (χ2n) is 18.7. The number of aliphatic hydroxyl groups is 2. The third-order valence-corrected chi connectivity index (χ3v) is 12.6. The molecule has 1 amide bonds. The standard InChI is InChI=1S/C56H107NO3/c1-3-5-7-9-11-13-15-17-19-21-23-25-27-28-30-31-33-35-37-39-41-43-45-47-49-51-55(59)54(53-58)57-56(60)52-50-48-46-44-42-40-38-36-34-32-29-26-24-22-20-18-16-14-12-10-8-6-4-2/h24,26,32,34,49,51,54-55,58-59H,3-23,25,27-31,33,35-48,50,52-53H2,1-2H3,(H,57,60)/b26-24-,34-32-,51-49+. The Kier molecular flexibility index (Phi) is 50.8. The summed E-state index contributed by atoms with van der Waals surface area (Å²) < 4.78 is 0. The van der Waals surface area contributed by atoms with Gasteiger partial charge in [-0.3, -0.25) is 4.79 Å². The largest absolute Gasteiger partial charge is 0.394 e. The van der Waals surface area contributed by atoms with E-state index in [0.717, 1.165) is 32.1 Å². The van der Waals surface area contributed by atoms with E-state index < -0.39 is 12.1 Å². The normalized spacial score (nSPS) is 13.1. The van der Waals surface area contributed by atoms with Crippen LogP contribution in [0.2, 0.25) is 0 Å². The number of allylic oxidation sites excluding steroid dienone is 5. The van der Waals surface area contributed by atoms with Crippen molar-refractivity contribution in [3.05, 3.63) is 36.5 Å². The van der Waals surface area contributed by atoms with E-state index in [2.05, 4.69) is 43.5 Å². The molecule has 0 aromatic carbocycles. The van der Waals surface area contributed by atoms with Crippen LogP contribution in [0.5, 0.6) is 0 Å². The van der Waals surface area contributed by atoms with E-state index in [-0.39, 0.29) is 12.5 Å². The average molecular weight is 842 g/mol. The number of rotatable bonds is 50. The highest BCUT2D eigenvalue weighted by Crippen LogP contribution is 2.17. The first-order valence-electron chi connectivity index (χ1n) is 27.2. The van der Waals surface area contributed by atoms with Crippen LogP contribution in [0, 0.1) is 0 Å². The zero-order chi connectivity index (χ0) is 43.5. The molecule has 0 heterocycles. The molecule has 0 aromatic heterocycles. The van der Waals surface area contributed by atoms with Crippen molar-refractivity contribution in [2.24, 2.45) is 0 Å². The molecule has 0 fully saturated rings. The summed E-state index contributed by atoms with van der Waals surface area (Å²) in [7, 11) is 0. The van der Waals surface area contributed by atoms with Gasteiger partial charge in [0.25, 0.3) is 0 Å². The lowest BCUT2D eigenvalue weighted by Gasteiger charge is -2.20. The fourth-order valence-corrected chi connectivity index (χ4v) is 8.45. The molecule has 0 bridgehead atoms. The van der Waals surface area contributed by atoms with Crippen molar-refractivity contribution >= 4 is 5.91 Å². The Morgan fingerprint density at radius 3 is 1.00 bits per heavy atom. The van der Waals surface area contributed by atoms with Crippen LogP contribution in [-0.4, -0.2) is 34.9 Å². The lowest BCUT2D eigenvalue weighted by atomic mass is 10.0. The molecular weight excluding hydrogens is 735 g/mol. The molecule has 0 radical (unpaired) electrons. The molecule has 0 aliphatic heterocycles. The van der Waals surface area contributed by atoms with E-state index in [1.807, 2.05) is 6.08 Å². The highest BCUT2D eigenvalue weighted by Gasteiger charge is 2.18. The van der Waals surface area contributed by atoms with Gasteiger partial charge in [0.05, 0.1) is 18.8 Å². The van der Waals surface area contributed by atoms with Gasteiger partial charge in [0.1, 0.15) is 0 Å². The predicted molar refractivity (Wildman–Crippen MR) is 267 cm³/mol. The highest BCUT2D eigenvalue weighted by atomic mass is 16.3. The van der Waals surface area contributed by atoms with Gasteiger partial charge in [-0.1, -0.05) is 275 Å². The number of unbranched alkanes of at least 4 members (excludes halogenated alkanes) is 39. The first-order chi connectivity index (χ1) is 29.7. The van der Waals surface area contributed by atoms with E-state index in [4.69, 9.17) is 0 Å². The third kappa shape index (κ3) is 47.7. The SMILES string of the molecule is CCCCCCCCCCC/C=C\C/C=C\CCCCCCCCCC(=O)NC(CO)C(O)/C=C/CCCCCCCCCCCCCCCCCCCCCCCCC. The van der Waals surface area contributed by atoms with Gasteiger partial charge in [-0.05, 0) is 51.4 Å². The Hall–Kier alpha value is -1.39. The monoisotopic (exact) mass is 842 g/mol. The van der Waals surface area contributed by atoms with Crippen LogP contribution in [0.3, 0.4) is 0 Å². The molecule has 0 saturated heterocycles. The van der Waals surface area contributed by atoms with Gasteiger partial charge in [0.15, 0.2) is 0 Å². The minimum absolute atomic E-state index is 0.0681. The molecule has 0 aromatic rings. The van der Waals surface area contributed by atoms with E-state index in [1.165, 1.54) is 244 Å². The number of carbonyl (C=O) groups excluding carboxylic acids is 1. The number of hydrogen-bond donors (Lipinski definition) is 3. The van der Waals surface area contributed by atoms with Gasteiger partial charge in [-0.2, -0.15) is 0 Å². The molecule has 60 heavy (non-hydrogen) atoms. The number of amides is 1. The third-order valence-electron chi connectivity index (χ3n) is 12.6. The van der Waals surface area contributed by atoms with Crippen molar-refractivity contribution in [1.29, 1.82) is 0 Å². The van der Waals surface area contributed by atoms with Crippen molar-refractivity contribution in [3.8, 4) is 0 Å². The van der Waals surface area contributed by atoms with Crippen molar-refractivity contribution < 1.29 is 15.0 Å². The van der Waals surface area contributed by atoms with Crippen LogP contribution >= 0.6 is 0 Å². The van der Waals surface area contributed by atoms with Crippen LogP contribution < -0.4 is 5.32 Å². The molecule has 2 atom stereocenters. The second kappa shape index (κ2) is 52.0. The van der Waals surface area contributed by atoms with Gasteiger partial charge in [-0.25, -0.2) is 0 Å². The van der Waals surface area contributed by atoms with Crippen molar-refractivity contribution in [2.45, 2.75) is 309 Å². The van der Waals surface area contributed by atoms with Crippen LogP contribution in [0.1, 0.15) is 296 Å².